The summed E-state index contributed by atoms with van der Waals surface area (Å²) in [5.74, 6) is 0.958. The summed E-state index contributed by atoms with van der Waals surface area (Å²) < 4.78 is 6.09. The zero-order chi connectivity index (χ0) is 19.4. The highest BCUT2D eigenvalue weighted by molar-refractivity contribution is 6.31. The summed E-state index contributed by atoms with van der Waals surface area (Å²) in [6, 6.07) is 15.0. The van der Waals surface area contributed by atoms with Gasteiger partial charge in [0, 0.05) is 17.7 Å². The number of nitrogens with zero attached hydrogens (tertiary/aromatic N) is 1. The Labute approximate surface area is 165 Å². The lowest BCUT2D eigenvalue weighted by Crippen LogP contribution is -2.43. The van der Waals surface area contributed by atoms with Gasteiger partial charge >= 0.3 is 0 Å². The van der Waals surface area contributed by atoms with Crippen LogP contribution in [-0.4, -0.2) is 18.1 Å². The van der Waals surface area contributed by atoms with Gasteiger partial charge in [0.2, 0.25) is 0 Å². The summed E-state index contributed by atoms with van der Waals surface area (Å²) in [4.78, 5) is 12.4. The Kier molecular flexibility index (Phi) is 6.03. The maximum absolute atomic E-state index is 12.4. The molecule has 0 saturated heterocycles. The molecule has 2 aromatic rings. The van der Waals surface area contributed by atoms with Crippen molar-refractivity contribution in [3.05, 3.63) is 64.2 Å². The molecule has 1 N–H and O–H groups in total. The Bertz CT molecular complexity index is 858. The normalized spacial score (nSPS) is 21.9. The van der Waals surface area contributed by atoms with E-state index in [2.05, 4.69) is 12.2 Å². The molecule has 0 spiro atoms. The van der Waals surface area contributed by atoms with Crippen molar-refractivity contribution in [1.29, 1.82) is 5.26 Å². The van der Waals surface area contributed by atoms with Gasteiger partial charge in [-0.25, -0.2) is 0 Å². The lowest BCUT2D eigenvalue weighted by atomic mass is 9.84. The van der Waals surface area contributed by atoms with Gasteiger partial charge in [-0.05, 0) is 56.4 Å². The number of hydrogen-bond donors (Lipinski definition) is 1. The van der Waals surface area contributed by atoms with E-state index in [4.69, 9.17) is 21.6 Å². The molecule has 2 aromatic carbocycles. The molecule has 27 heavy (non-hydrogen) atoms. The smallest absolute Gasteiger partial charge is 0.251 e. The molecule has 0 bridgehead atoms. The van der Waals surface area contributed by atoms with Crippen LogP contribution in [0.25, 0.3) is 0 Å². The van der Waals surface area contributed by atoms with E-state index < -0.39 is 0 Å². The number of rotatable bonds is 4. The molecule has 0 radical (unpaired) electrons. The Morgan fingerprint density at radius 2 is 1.96 bits per heavy atom. The van der Waals surface area contributed by atoms with Crippen LogP contribution in [0.2, 0.25) is 5.02 Å². The highest BCUT2D eigenvalue weighted by atomic mass is 35.5. The topological polar surface area (TPSA) is 62.1 Å². The van der Waals surface area contributed by atoms with Gasteiger partial charge in [0.1, 0.15) is 17.9 Å². The molecule has 0 aliphatic heterocycles. The molecule has 3 atom stereocenters. The molecule has 4 nitrogen and oxygen atoms in total. The van der Waals surface area contributed by atoms with E-state index in [1.54, 1.807) is 18.2 Å². The third-order valence-electron chi connectivity index (χ3n) is 5.09. The quantitative estimate of drug-likeness (QED) is 0.819. The van der Waals surface area contributed by atoms with E-state index in [1.807, 2.05) is 37.3 Å². The average Bonchev–Trinajstić information content (AvgIpc) is 2.64. The minimum atomic E-state index is -0.0227. The van der Waals surface area contributed by atoms with Crippen LogP contribution >= 0.6 is 11.6 Å². The second-order valence-electron chi connectivity index (χ2n) is 7.24. The number of carbonyl (C=O) groups excluding carboxylic acids is 1. The number of nitriles is 1. The number of amides is 1. The molecule has 1 fully saturated rings. The standard InChI is InChI=1S/C22H23ClN2O2/c1-14-3-5-16(6-4-14)22(26)25-18-8-10-21(15(2)11-18)27-19-9-7-17(13-24)20(23)12-19/h3-7,9,12,15,18,21H,8,10-11H2,1-2H3,(H,25,26)/t15-,18-,21-/m0/s1. The van der Waals surface area contributed by atoms with Crippen molar-refractivity contribution >= 4 is 17.5 Å². The third kappa shape index (κ3) is 4.81. The van der Waals surface area contributed by atoms with Gasteiger partial charge in [-0.3, -0.25) is 4.79 Å². The molecule has 3 rings (SSSR count). The molecule has 0 aromatic heterocycles. The van der Waals surface area contributed by atoms with Gasteiger partial charge in [-0.1, -0.05) is 36.2 Å². The molecule has 5 heteroatoms. The lowest BCUT2D eigenvalue weighted by molar-refractivity contribution is 0.0761. The summed E-state index contributed by atoms with van der Waals surface area (Å²) in [5.41, 5.74) is 2.28. The van der Waals surface area contributed by atoms with Crippen LogP contribution in [-0.2, 0) is 0 Å². The van der Waals surface area contributed by atoms with Gasteiger partial charge in [0.05, 0.1) is 10.6 Å². The lowest BCUT2D eigenvalue weighted by Gasteiger charge is -2.34. The second kappa shape index (κ2) is 8.45. The number of carbonyl (C=O) groups is 1. The van der Waals surface area contributed by atoms with Gasteiger partial charge in [0.15, 0.2) is 0 Å². The van der Waals surface area contributed by atoms with Crippen LogP contribution in [0.4, 0.5) is 0 Å². The predicted molar refractivity (Wildman–Crippen MR) is 106 cm³/mol. The molecule has 1 amide bonds. The first-order chi connectivity index (χ1) is 13.0. The fourth-order valence-electron chi connectivity index (χ4n) is 3.48. The molecule has 0 unspecified atom stereocenters. The first-order valence-corrected chi connectivity index (χ1v) is 9.58. The highest BCUT2D eigenvalue weighted by Crippen LogP contribution is 2.30. The Hall–Kier alpha value is -2.51. The van der Waals surface area contributed by atoms with Crippen LogP contribution in [0.3, 0.4) is 0 Å². The van der Waals surface area contributed by atoms with E-state index in [0.29, 0.717) is 27.8 Å². The minimum absolute atomic E-state index is 0.0227. The molecule has 1 aliphatic rings. The number of nitrogens with one attached hydrogen (secondary N) is 1. The largest absolute Gasteiger partial charge is 0.490 e. The monoisotopic (exact) mass is 382 g/mol. The first-order valence-electron chi connectivity index (χ1n) is 9.20. The fraction of sp³-hybridized carbons (Fsp3) is 0.364. The van der Waals surface area contributed by atoms with Crippen molar-refractivity contribution in [2.75, 3.05) is 0 Å². The Morgan fingerprint density at radius 3 is 2.59 bits per heavy atom. The van der Waals surface area contributed by atoms with Crippen molar-refractivity contribution in [2.24, 2.45) is 5.92 Å². The van der Waals surface area contributed by atoms with E-state index in [-0.39, 0.29) is 18.1 Å². The maximum atomic E-state index is 12.4. The average molecular weight is 383 g/mol. The van der Waals surface area contributed by atoms with Crippen LogP contribution in [0.5, 0.6) is 5.75 Å². The minimum Gasteiger partial charge on any atom is -0.490 e. The van der Waals surface area contributed by atoms with Gasteiger partial charge in [0.25, 0.3) is 5.91 Å². The third-order valence-corrected chi connectivity index (χ3v) is 5.40. The zero-order valence-corrected chi connectivity index (χ0v) is 16.3. The summed E-state index contributed by atoms with van der Waals surface area (Å²) in [7, 11) is 0. The van der Waals surface area contributed by atoms with E-state index in [1.165, 1.54) is 0 Å². The molecule has 0 heterocycles. The Morgan fingerprint density at radius 1 is 1.22 bits per heavy atom. The zero-order valence-electron chi connectivity index (χ0n) is 15.5. The van der Waals surface area contributed by atoms with Crippen molar-refractivity contribution in [3.63, 3.8) is 0 Å². The summed E-state index contributed by atoms with van der Waals surface area (Å²) in [5, 5.41) is 12.5. The van der Waals surface area contributed by atoms with Crippen molar-refractivity contribution in [1.82, 2.24) is 5.32 Å². The van der Waals surface area contributed by atoms with Crippen molar-refractivity contribution in [2.45, 2.75) is 45.3 Å². The van der Waals surface area contributed by atoms with E-state index in [0.717, 1.165) is 24.8 Å². The molecular formula is C22H23ClN2O2. The van der Waals surface area contributed by atoms with E-state index >= 15 is 0 Å². The van der Waals surface area contributed by atoms with Gasteiger partial charge < -0.3 is 10.1 Å². The molecule has 1 aliphatic carbocycles. The van der Waals surface area contributed by atoms with Crippen LogP contribution < -0.4 is 10.1 Å². The number of benzene rings is 2. The molecule has 140 valence electrons. The van der Waals surface area contributed by atoms with Crippen molar-refractivity contribution < 1.29 is 9.53 Å². The number of halogens is 1. The SMILES string of the molecule is Cc1ccc(C(=O)N[C@H]2CC[C@H](Oc3ccc(C#N)c(Cl)c3)[C@@H](C)C2)cc1. The summed E-state index contributed by atoms with van der Waals surface area (Å²) in [6.07, 6.45) is 2.67. The Balaban J connectivity index is 1.56. The number of aryl methyl sites for hydroxylation is 1. The molecular weight excluding hydrogens is 360 g/mol. The van der Waals surface area contributed by atoms with Crippen molar-refractivity contribution in [3.8, 4) is 11.8 Å². The van der Waals surface area contributed by atoms with Crippen LogP contribution in [0.15, 0.2) is 42.5 Å². The first kappa shape index (κ1) is 19.3. The van der Waals surface area contributed by atoms with Gasteiger partial charge in [-0.15, -0.1) is 0 Å². The van der Waals surface area contributed by atoms with Crippen LogP contribution in [0, 0.1) is 24.2 Å². The van der Waals surface area contributed by atoms with Crippen LogP contribution in [0.1, 0.15) is 47.7 Å². The molecule has 1 saturated carbocycles. The highest BCUT2D eigenvalue weighted by Gasteiger charge is 2.30. The van der Waals surface area contributed by atoms with E-state index in [9.17, 15) is 4.79 Å². The predicted octanol–water partition coefficient (Wildman–Crippen LogP) is 4.89. The maximum Gasteiger partial charge on any atom is 0.251 e. The fourth-order valence-corrected chi connectivity index (χ4v) is 3.70. The summed E-state index contributed by atoms with van der Waals surface area (Å²) >= 11 is 6.08. The number of hydrogen-bond acceptors (Lipinski definition) is 3. The number of ether oxygens (including phenoxy) is 1. The summed E-state index contributed by atoms with van der Waals surface area (Å²) in [6.45, 7) is 4.14. The second-order valence-corrected chi connectivity index (χ2v) is 7.64. The van der Waals surface area contributed by atoms with Gasteiger partial charge in [-0.2, -0.15) is 5.26 Å².